The lowest BCUT2D eigenvalue weighted by molar-refractivity contribution is 0.401. The van der Waals surface area contributed by atoms with Crippen molar-refractivity contribution in [1.82, 2.24) is 0 Å². The van der Waals surface area contributed by atoms with Crippen LogP contribution in [0.15, 0.2) is 48.5 Å². The fourth-order valence-corrected chi connectivity index (χ4v) is 4.00. The highest BCUT2D eigenvalue weighted by Gasteiger charge is 2.30. The standard InChI is InChI=1S/C20H10O3/c21-18-12-4-2-1-3-10(12)11-7-5-9-6-8-13-16-14(9)15(11)17(18)19(22)20(16)23-13/h1-8,21-22H. The Balaban J connectivity index is 2.11. The Morgan fingerprint density at radius 2 is 1.39 bits per heavy atom. The van der Waals surface area contributed by atoms with Crippen LogP contribution in [0.1, 0.15) is 0 Å². The zero-order valence-electron chi connectivity index (χ0n) is 11.9. The predicted molar refractivity (Wildman–Crippen MR) is 91.1 cm³/mol. The number of phenolic OH excluding ortho intramolecular Hbond substituents is 2. The number of fused-ring (bicyclic) bond motifs is 2. The van der Waals surface area contributed by atoms with Gasteiger partial charge in [0.1, 0.15) is 11.5 Å². The maximum absolute atomic E-state index is 10.8. The van der Waals surface area contributed by atoms with E-state index in [9.17, 15) is 10.2 Å². The molecule has 1 aliphatic heterocycles. The quantitative estimate of drug-likeness (QED) is 0.297. The number of hydrogen-bond donors (Lipinski definition) is 2. The van der Waals surface area contributed by atoms with Crippen LogP contribution in [0.25, 0.3) is 43.1 Å². The Morgan fingerprint density at radius 1 is 0.609 bits per heavy atom. The molecule has 0 atom stereocenters. The summed E-state index contributed by atoms with van der Waals surface area (Å²) in [4.78, 5) is 0. The minimum atomic E-state index is 0.0250. The van der Waals surface area contributed by atoms with Crippen LogP contribution in [0.4, 0.5) is 0 Å². The molecule has 23 heavy (non-hydrogen) atoms. The molecule has 0 unspecified atom stereocenters. The summed E-state index contributed by atoms with van der Waals surface area (Å²) in [6, 6.07) is 15.8. The summed E-state index contributed by atoms with van der Waals surface area (Å²) in [6.07, 6.45) is 0. The number of hydrogen-bond acceptors (Lipinski definition) is 3. The molecule has 0 amide bonds. The molecule has 0 aliphatic carbocycles. The van der Waals surface area contributed by atoms with Gasteiger partial charge in [-0.1, -0.05) is 42.5 Å². The third-order valence-electron chi connectivity index (χ3n) is 5.00. The summed E-state index contributed by atoms with van der Waals surface area (Å²) in [6.45, 7) is 0. The van der Waals surface area contributed by atoms with Gasteiger partial charge in [0.2, 0.25) is 0 Å². The highest BCUT2D eigenvalue weighted by Crippen LogP contribution is 2.59. The van der Waals surface area contributed by atoms with Crippen molar-refractivity contribution in [1.29, 1.82) is 0 Å². The summed E-state index contributed by atoms with van der Waals surface area (Å²) in [5.74, 6) is 1.38. The normalized spacial score (nSPS) is 13.0. The first-order chi connectivity index (χ1) is 11.3. The molecule has 6 rings (SSSR count). The molecule has 3 heteroatoms. The van der Waals surface area contributed by atoms with E-state index < -0.39 is 0 Å². The van der Waals surface area contributed by atoms with Crippen LogP contribution >= 0.6 is 0 Å². The molecule has 0 fully saturated rings. The molecule has 5 aromatic carbocycles. The Kier molecular flexibility index (Phi) is 1.69. The molecule has 0 saturated carbocycles. The van der Waals surface area contributed by atoms with Gasteiger partial charge in [-0.05, 0) is 22.2 Å². The van der Waals surface area contributed by atoms with Crippen LogP contribution in [0, 0.1) is 0 Å². The van der Waals surface area contributed by atoms with Crippen LogP contribution in [-0.2, 0) is 0 Å². The first-order valence-electron chi connectivity index (χ1n) is 7.50. The zero-order chi connectivity index (χ0) is 15.3. The predicted octanol–water partition coefficient (Wildman–Crippen LogP) is 5.25. The van der Waals surface area contributed by atoms with Crippen LogP contribution in [-0.4, -0.2) is 10.2 Å². The van der Waals surface area contributed by atoms with Gasteiger partial charge in [0, 0.05) is 16.2 Å². The van der Waals surface area contributed by atoms with Crippen LogP contribution in [0.3, 0.4) is 0 Å². The van der Waals surface area contributed by atoms with Gasteiger partial charge in [-0.15, -0.1) is 0 Å². The second-order valence-electron chi connectivity index (χ2n) is 6.07. The molecule has 0 bridgehead atoms. The molecule has 0 spiro atoms. The van der Waals surface area contributed by atoms with Crippen LogP contribution in [0.2, 0.25) is 0 Å². The van der Waals surface area contributed by atoms with Crippen LogP contribution in [0.5, 0.6) is 23.0 Å². The molecule has 0 saturated heterocycles. The van der Waals surface area contributed by atoms with Gasteiger partial charge in [0.15, 0.2) is 11.5 Å². The first-order valence-corrected chi connectivity index (χ1v) is 7.50. The summed E-state index contributed by atoms with van der Waals surface area (Å²) < 4.78 is 5.62. The highest BCUT2D eigenvalue weighted by atomic mass is 16.5. The molecule has 1 aliphatic rings. The summed E-state index contributed by atoms with van der Waals surface area (Å²) in [7, 11) is 0. The molecule has 1 heterocycles. The van der Waals surface area contributed by atoms with Crippen molar-refractivity contribution in [2.24, 2.45) is 0 Å². The molecule has 2 N–H and O–H groups in total. The van der Waals surface area contributed by atoms with E-state index in [0.29, 0.717) is 11.1 Å². The van der Waals surface area contributed by atoms with Crippen molar-refractivity contribution in [2.45, 2.75) is 0 Å². The Bertz CT molecular complexity index is 1300. The lowest BCUT2D eigenvalue weighted by atomic mass is 9.87. The minimum absolute atomic E-state index is 0.0250. The second-order valence-corrected chi connectivity index (χ2v) is 6.07. The monoisotopic (exact) mass is 298 g/mol. The van der Waals surface area contributed by atoms with E-state index >= 15 is 0 Å². The summed E-state index contributed by atoms with van der Waals surface area (Å²) >= 11 is 0. The average molecular weight is 298 g/mol. The van der Waals surface area contributed by atoms with E-state index in [1.165, 1.54) is 0 Å². The number of phenols is 2. The van der Waals surface area contributed by atoms with E-state index in [4.69, 9.17) is 4.74 Å². The highest BCUT2D eigenvalue weighted by molar-refractivity contribution is 6.35. The largest absolute Gasteiger partial charge is 0.507 e. The number of ether oxygens (including phenoxy) is 1. The first kappa shape index (κ1) is 11.4. The molecule has 5 aromatic rings. The van der Waals surface area contributed by atoms with Gasteiger partial charge in [-0.2, -0.15) is 0 Å². The molecular weight excluding hydrogens is 288 g/mol. The smallest absolute Gasteiger partial charge is 0.181 e. The summed E-state index contributed by atoms with van der Waals surface area (Å²) in [5, 5.41) is 28.7. The zero-order valence-corrected chi connectivity index (χ0v) is 11.9. The number of aromatic hydroxyl groups is 2. The molecule has 108 valence electrons. The molecule has 0 radical (unpaired) electrons. The van der Waals surface area contributed by atoms with Gasteiger partial charge in [0.25, 0.3) is 0 Å². The number of benzene rings is 5. The van der Waals surface area contributed by atoms with E-state index in [2.05, 4.69) is 12.1 Å². The average Bonchev–Trinajstić information content (AvgIpc) is 2.54. The SMILES string of the molecule is Oc1c2c3c(ccc4ccc5c6ccccc6c(O)c1c5c43)O2. The lowest BCUT2D eigenvalue weighted by Crippen LogP contribution is -2.00. The van der Waals surface area contributed by atoms with Crippen molar-refractivity contribution < 1.29 is 14.9 Å². The van der Waals surface area contributed by atoms with Gasteiger partial charge < -0.3 is 14.9 Å². The van der Waals surface area contributed by atoms with E-state index in [-0.39, 0.29) is 11.5 Å². The lowest BCUT2D eigenvalue weighted by Gasteiger charge is -2.26. The van der Waals surface area contributed by atoms with Crippen molar-refractivity contribution in [3.8, 4) is 23.0 Å². The van der Waals surface area contributed by atoms with E-state index in [1.807, 2.05) is 36.4 Å². The maximum Gasteiger partial charge on any atom is 0.181 e. The third kappa shape index (κ3) is 1.09. The van der Waals surface area contributed by atoms with Crippen molar-refractivity contribution in [3.63, 3.8) is 0 Å². The second kappa shape index (κ2) is 3.41. The summed E-state index contributed by atoms with van der Waals surface area (Å²) in [5.41, 5.74) is 0. The Hall–Kier alpha value is -3.20. The Labute approximate surface area is 130 Å². The molecule has 0 aromatic heterocycles. The minimum Gasteiger partial charge on any atom is -0.507 e. The fourth-order valence-electron chi connectivity index (χ4n) is 4.00. The van der Waals surface area contributed by atoms with Crippen molar-refractivity contribution in [3.05, 3.63) is 48.5 Å². The molecule has 3 nitrogen and oxygen atoms in total. The van der Waals surface area contributed by atoms with Gasteiger partial charge in [-0.3, -0.25) is 0 Å². The van der Waals surface area contributed by atoms with Gasteiger partial charge in [0.05, 0.1) is 10.8 Å². The number of rotatable bonds is 0. The van der Waals surface area contributed by atoms with E-state index in [0.717, 1.165) is 43.5 Å². The van der Waals surface area contributed by atoms with E-state index in [1.54, 1.807) is 0 Å². The Morgan fingerprint density at radius 3 is 2.26 bits per heavy atom. The molecular formula is C20H10O3. The van der Waals surface area contributed by atoms with Crippen LogP contribution < -0.4 is 4.74 Å². The van der Waals surface area contributed by atoms with Gasteiger partial charge in [-0.25, -0.2) is 0 Å². The van der Waals surface area contributed by atoms with Crippen molar-refractivity contribution in [2.75, 3.05) is 0 Å². The topological polar surface area (TPSA) is 49.7 Å². The van der Waals surface area contributed by atoms with Crippen molar-refractivity contribution >= 4 is 43.1 Å². The third-order valence-corrected chi connectivity index (χ3v) is 5.00. The van der Waals surface area contributed by atoms with Gasteiger partial charge >= 0.3 is 0 Å². The maximum atomic E-state index is 10.8. The fraction of sp³-hybridized carbons (Fsp3) is 0.